The van der Waals surface area contributed by atoms with Crippen LogP contribution in [-0.4, -0.2) is 47.6 Å². The third kappa shape index (κ3) is 3.64. The third-order valence-corrected chi connectivity index (χ3v) is 6.28. The van der Waals surface area contributed by atoms with Gasteiger partial charge in [0.2, 0.25) is 0 Å². The second kappa shape index (κ2) is 6.62. The first-order valence-corrected chi connectivity index (χ1v) is 8.90. The first kappa shape index (κ1) is 14.7. The molecule has 0 aromatic rings. The van der Waals surface area contributed by atoms with Gasteiger partial charge in [0.05, 0.1) is 0 Å². The van der Waals surface area contributed by atoms with Crippen molar-refractivity contribution < 1.29 is 0 Å². The SMILES string of the molecule is CSC1(CNC2CCN(C(C)C)C2)CCCCC1. The minimum Gasteiger partial charge on any atom is -0.311 e. The molecule has 1 aliphatic heterocycles. The van der Waals surface area contributed by atoms with Crippen LogP contribution in [0.4, 0.5) is 0 Å². The zero-order valence-corrected chi connectivity index (χ0v) is 13.2. The largest absolute Gasteiger partial charge is 0.311 e. The zero-order valence-electron chi connectivity index (χ0n) is 12.4. The molecule has 0 amide bonds. The molecule has 1 saturated heterocycles. The summed E-state index contributed by atoms with van der Waals surface area (Å²) >= 11 is 2.11. The summed E-state index contributed by atoms with van der Waals surface area (Å²) in [5.74, 6) is 0. The lowest BCUT2D eigenvalue weighted by molar-refractivity contribution is 0.265. The normalized spacial score (nSPS) is 29.0. The van der Waals surface area contributed by atoms with Crippen molar-refractivity contribution in [1.29, 1.82) is 0 Å². The van der Waals surface area contributed by atoms with Gasteiger partial charge in [0, 0.05) is 29.9 Å². The van der Waals surface area contributed by atoms with Gasteiger partial charge in [-0.25, -0.2) is 0 Å². The van der Waals surface area contributed by atoms with E-state index in [1.54, 1.807) is 0 Å². The molecule has 1 aliphatic carbocycles. The minimum absolute atomic E-state index is 0.545. The Labute approximate surface area is 117 Å². The van der Waals surface area contributed by atoms with E-state index in [-0.39, 0.29) is 0 Å². The Bertz CT molecular complexity index is 249. The topological polar surface area (TPSA) is 15.3 Å². The first-order chi connectivity index (χ1) is 8.65. The zero-order chi connectivity index (χ0) is 13.0. The van der Waals surface area contributed by atoms with Gasteiger partial charge in [-0.05, 0) is 45.9 Å². The number of nitrogens with zero attached hydrogens (tertiary/aromatic N) is 1. The van der Waals surface area contributed by atoms with Gasteiger partial charge in [-0.1, -0.05) is 19.3 Å². The maximum absolute atomic E-state index is 3.87. The number of nitrogens with one attached hydrogen (secondary N) is 1. The average molecular weight is 270 g/mol. The van der Waals surface area contributed by atoms with Crippen LogP contribution in [0.25, 0.3) is 0 Å². The van der Waals surface area contributed by atoms with Gasteiger partial charge in [-0.15, -0.1) is 0 Å². The molecule has 0 bridgehead atoms. The summed E-state index contributed by atoms with van der Waals surface area (Å²) in [6.45, 7) is 8.38. The highest BCUT2D eigenvalue weighted by molar-refractivity contribution is 8.00. The number of hydrogen-bond donors (Lipinski definition) is 1. The second-order valence-corrected chi connectivity index (χ2v) is 7.68. The molecule has 1 saturated carbocycles. The molecule has 2 fully saturated rings. The number of rotatable bonds is 5. The van der Waals surface area contributed by atoms with Crippen molar-refractivity contribution in [1.82, 2.24) is 10.2 Å². The van der Waals surface area contributed by atoms with Crippen molar-refractivity contribution in [2.45, 2.75) is 69.2 Å². The summed E-state index contributed by atoms with van der Waals surface area (Å²) in [4.78, 5) is 2.60. The summed E-state index contributed by atoms with van der Waals surface area (Å²) in [6.07, 6.45) is 10.8. The molecule has 106 valence electrons. The lowest BCUT2D eigenvalue weighted by atomic mass is 9.88. The lowest BCUT2D eigenvalue weighted by Crippen LogP contribution is -2.44. The maximum atomic E-state index is 3.87. The molecule has 2 aliphatic rings. The van der Waals surface area contributed by atoms with E-state index < -0.39 is 0 Å². The molecule has 1 heterocycles. The molecular weight excluding hydrogens is 240 g/mol. The molecule has 18 heavy (non-hydrogen) atoms. The standard InChI is InChI=1S/C15H30N2S/c1-13(2)17-10-7-14(11-17)16-12-15(18-3)8-5-4-6-9-15/h13-14,16H,4-12H2,1-3H3. The molecule has 1 N–H and O–H groups in total. The van der Waals surface area contributed by atoms with Gasteiger partial charge >= 0.3 is 0 Å². The van der Waals surface area contributed by atoms with Gasteiger partial charge in [0.25, 0.3) is 0 Å². The van der Waals surface area contributed by atoms with Gasteiger partial charge in [-0.2, -0.15) is 11.8 Å². The predicted molar refractivity (Wildman–Crippen MR) is 82.4 cm³/mol. The highest BCUT2D eigenvalue weighted by Gasteiger charge is 2.32. The van der Waals surface area contributed by atoms with Gasteiger partial charge in [0.1, 0.15) is 0 Å². The van der Waals surface area contributed by atoms with E-state index in [4.69, 9.17) is 0 Å². The van der Waals surface area contributed by atoms with Crippen molar-refractivity contribution >= 4 is 11.8 Å². The van der Waals surface area contributed by atoms with Crippen molar-refractivity contribution in [2.75, 3.05) is 25.9 Å². The summed E-state index contributed by atoms with van der Waals surface area (Å²) < 4.78 is 0.545. The Hall–Kier alpha value is 0.270. The predicted octanol–water partition coefficient (Wildman–Crippen LogP) is 3.12. The molecule has 0 spiro atoms. The maximum Gasteiger partial charge on any atom is 0.0281 e. The molecule has 3 heteroatoms. The van der Waals surface area contributed by atoms with Gasteiger partial charge in [0.15, 0.2) is 0 Å². The molecule has 2 nitrogen and oxygen atoms in total. The first-order valence-electron chi connectivity index (χ1n) is 7.68. The van der Waals surface area contributed by atoms with Crippen LogP contribution < -0.4 is 5.32 Å². The molecule has 0 radical (unpaired) electrons. The van der Waals surface area contributed by atoms with Crippen LogP contribution >= 0.6 is 11.8 Å². The minimum atomic E-state index is 0.545. The van der Waals surface area contributed by atoms with E-state index in [0.29, 0.717) is 10.8 Å². The molecule has 2 rings (SSSR count). The fourth-order valence-corrected chi connectivity index (χ4v) is 4.33. The summed E-state index contributed by atoms with van der Waals surface area (Å²) in [6, 6.07) is 1.44. The summed E-state index contributed by atoms with van der Waals surface area (Å²) in [5, 5.41) is 3.87. The summed E-state index contributed by atoms with van der Waals surface area (Å²) in [7, 11) is 0. The average Bonchev–Trinajstić information content (AvgIpc) is 2.87. The Balaban J connectivity index is 1.77. The fraction of sp³-hybridized carbons (Fsp3) is 1.00. The Kier molecular flexibility index (Phi) is 5.40. The van der Waals surface area contributed by atoms with E-state index in [9.17, 15) is 0 Å². The van der Waals surface area contributed by atoms with Crippen LogP contribution in [0.3, 0.4) is 0 Å². The van der Waals surface area contributed by atoms with Crippen molar-refractivity contribution in [3.8, 4) is 0 Å². The fourth-order valence-electron chi connectivity index (χ4n) is 3.40. The number of hydrogen-bond acceptors (Lipinski definition) is 3. The van der Waals surface area contributed by atoms with Crippen LogP contribution in [0.2, 0.25) is 0 Å². The molecular formula is C15H30N2S. The molecule has 1 atom stereocenters. The summed E-state index contributed by atoms with van der Waals surface area (Å²) in [5.41, 5.74) is 0. The Morgan fingerprint density at radius 1 is 1.28 bits per heavy atom. The molecule has 0 aromatic heterocycles. The Morgan fingerprint density at radius 3 is 2.56 bits per heavy atom. The third-order valence-electron chi connectivity index (χ3n) is 4.86. The molecule has 0 aromatic carbocycles. The Morgan fingerprint density at radius 2 is 2.00 bits per heavy atom. The van der Waals surface area contributed by atoms with Crippen LogP contribution in [0.15, 0.2) is 0 Å². The number of thioether (sulfide) groups is 1. The van der Waals surface area contributed by atoms with Crippen LogP contribution in [0.1, 0.15) is 52.4 Å². The van der Waals surface area contributed by atoms with Crippen LogP contribution in [-0.2, 0) is 0 Å². The van der Waals surface area contributed by atoms with E-state index in [1.807, 2.05) is 0 Å². The smallest absolute Gasteiger partial charge is 0.0281 e. The quantitative estimate of drug-likeness (QED) is 0.826. The van der Waals surface area contributed by atoms with Crippen LogP contribution in [0, 0.1) is 0 Å². The lowest BCUT2D eigenvalue weighted by Gasteiger charge is -2.37. The number of likely N-dealkylation sites (tertiary alicyclic amines) is 1. The van der Waals surface area contributed by atoms with Gasteiger partial charge < -0.3 is 5.32 Å². The van der Waals surface area contributed by atoms with E-state index in [0.717, 1.165) is 6.04 Å². The van der Waals surface area contributed by atoms with Crippen LogP contribution in [0.5, 0.6) is 0 Å². The van der Waals surface area contributed by atoms with E-state index >= 15 is 0 Å². The second-order valence-electron chi connectivity index (χ2n) is 6.40. The van der Waals surface area contributed by atoms with E-state index in [2.05, 4.69) is 42.1 Å². The van der Waals surface area contributed by atoms with Crippen molar-refractivity contribution in [3.05, 3.63) is 0 Å². The van der Waals surface area contributed by atoms with Crippen molar-refractivity contribution in [2.24, 2.45) is 0 Å². The highest BCUT2D eigenvalue weighted by Crippen LogP contribution is 2.38. The van der Waals surface area contributed by atoms with Gasteiger partial charge in [-0.3, -0.25) is 4.90 Å². The monoisotopic (exact) mass is 270 g/mol. The molecule has 1 unspecified atom stereocenters. The highest BCUT2D eigenvalue weighted by atomic mass is 32.2. The van der Waals surface area contributed by atoms with Crippen molar-refractivity contribution in [3.63, 3.8) is 0 Å². The van der Waals surface area contributed by atoms with E-state index in [1.165, 1.54) is 58.2 Å².